The molecule has 0 amide bonds. The van der Waals surface area contributed by atoms with E-state index in [4.69, 9.17) is 4.74 Å². The van der Waals surface area contributed by atoms with Crippen LogP contribution in [-0.4, -0.2) is 35.1 Å². The van der Waals surface area contributed by atoms with E-state index in [1.54, 1.807) is 12.1 Å². The lowest BCUT2D eigenvalue weighted by molar-refractivity contribution is 0.203. The summed E-state index contributed by atoms with van der Waals surface area (Å²) in [5.74, 6) is 0.549. The van der Waals surface area contributed by atoms with E-state index in [-0.39, 0.29) is 12.4 Å². The second-order valence-electron chi connectivity index (χ2n) is 6.77. The molecule has 0 heterocycles. The van der Waals surface area contributed by atoms with Gasteiger partial charge in [0, 0.05) is 0 Å². The number of rotatable bonds is 9. The van der Waals surface area contributed by atoms with E-state index in [1.807, 2.05) is 49.4 Å². The number of allylic oxidation sites excluding steroid dienone is 1. The van der Waals surface area contributed by atoms with Gasteiger partial charge in [0.15, 0.2) is 11.5 Å². The topological polar surface area (TPSA) is 69.9 Å². The predicted octanol–water partition coefficient (Wildman–Crippen LogP) is 5.18. The average molecular weight is 506 g/mol. The van der Waals surface area contributed by atoms with Crippen molar-refractivity contribution in [3.05, 3.63) is 81.0 Å². The van der Waals surface area contributed by atoms with Gasteiger partial charge in [-0.05, 0) is 76.8 Å². The van der Waals surface area contributed by atoms with Crippen LogP contribution in [0.5, 0.6) is 11.5 Å². The molecule has 29 heavy (non-hydrogen) atoms. The summed E-state index contributed by atoms with van der Waals surface area (Å²) in [5.41, 5.74) is 4.43. The predicted molar refractivity (Wildman–Crippen MR) is 127 cm³/mol. The number of hydrogen-bond acceptors (Lipinski definition) is 4. The third-order valence-electron chi connectivity index (χ3n) is 4.61. The molecule has 5 heteroatoms. The van der Waals surface area contributed by atoms with Gasteiger partial charge in [-0.3, -0.25) is 0 Å². The molecular weight excluding hydrogens is 479 g/mol. The molecule has 0 fully saturated rings. The molecule has 0 aliphatic carbocycles. The second-order valence-corrected chi connectivity index (χ2v) is 7.93. The maximum Gasteiger partial charge on any atom is 0.171 e. The van der Waals surface area contributed by atoms with Crippen LogP contribution in [-0.2, 0) is 0 Å². The molecule has 0 aromatic heterocycles. The third kappa shape index (κ3) is 6.45. The molecule has 2 aromatic rings. The van der Waals surface area contributed by atoms with E-state index >= 15 is 0 Å². The van der Waals surface area contributed by atoms with E-state index in [0.29, 0.717) is 27.7 Å². The zero-order valence-electron chi connectivity index (χ0n) is 16.7. The molecule has 0 aliphatic heterocycles. The minimum atomic E-state index is -0.707. The van der Waals surface area contributed by atoms with Gasteiger partial charge in [0.25, 0.3) is 0 Å². The van der Waals surface area contributed by atoms with Crippen molar-refractivity contribution >= 4 is 34.2 Å². The third-order valence-corrected chi connectivity index (χ3v) is 5.43. The number of phenolic OH excluding ortho intramolecular Hbond substituents is 1. The number of benzene rings is 2. The van der Waals surface area contributed by atoms with Gasteiger partial charge in [-0.25, -0.2) is 0 Å². The molecule has 4 nitrogen and oxygen atoms in total. The lowest BCUT2D eigenvalue weighted by atomic mass is 9.93. The molecule has 0 bridgehead atoms. The number of aromatic hydroxyl groups is 1. The van der Waals surface area contributed by atoms with Gasteiger partial charge in [-0.15, -0.1) is 0 Å². The Labute approximate surface area is 186 Å². The summed E-state index contributed by atoms with van der Waals surface area (Å²) in [5, 5.41) is 29.9. The largest absolute Gasteiger partial charge is 0.504 e. The van der Waals surface area contributed by atoms with E-state index in [0.717, 1.165) is 22.3 Å². The Morgan fingerprint density at radius 3 is 2.52 bits per heavy atom. The van der Waals surface area contributed by atoms with Crippen molar-refractivity contribution in [2.45, 2.75) is 25.9 Å². The molecule has 0 radical (unpaired) electrons. The van der Waals surface area contributed by atoms with Crippen LogP contribution in [0.15, 0.2) is 66.3 Å². The fourth-order valence-electron chi connectivity index (χ4n) is 3.13. The Bertz CT molecular complexity index is 901. The SMILES string of the molecule is C=C(C)/C(=C/CO)C(O)CC/C(=C/c1cc(I)c(O)c(OC)c1)c1ccccc1. The first-order valence-electron chi connectivity index (χ1n) is 9.34. The fourth-order valence-corrected chi connectivity index (χ4v) is 3.75. The van der Waals surface area contributed by atoms with Crippen LogP contribution in [0, 0.1) is 3.57 Å². The van der Waals surface area contributed by atoms with E-state index in [9.17, 15) is 15.3 Å². The van der Waals surface area contributed by atoms with Crippen molar-refractivity contribution in [1.82, 2.24) is 0 Å². The van der Waals surface area contributed by atoms with Gasteiger partial charge in [0.2, 0.25) is 0 Å². The first-order chi connectivity index (χ1) is 13.9. The monoisotopic (exact) mass is 506 g/mol. The summed E-state index contributed by atoms with van der Waals surface area (Å²) in [7, 11) is 1.53. The van der Waals surface area contributed by atoms with Crippen LogP contribution in [0.1, 0.15) is 30.9 Å². The molecule has 1 atom stereocenters. The number of aliphatic hydroxyl groups is 2. The Morgan fingerprint density at radius 1 is 1.24 bits per heavy atom. The molecule has 1 unspecified atom stereocenters. The molecule has 2 rings (SSSR count). The highest BCUT2D eigenvalue weighted by Gasteiger charge is 2.14. The summed E-state index contributed by atoms with van der Waals surface area (Å²) < 4.78 is 5.98. The average Bonchev–Trinajstić information content (AvgIpc) is 2.71. The molecular formula is C24H27IO4. The van der Waals surface area contributed by atoms with E-state index < -0.39 is 6.10 Å². The number of aliphatic hydroxyl groups excluding tert-OH is 2. The second kappa shape index (κ2) is 11.2. The molecule has 2 aromatic carbocycles. The van der Waals surface area contributed by atoms with Gasteiger partial charge in [-0.2, -0.15) is 0 Å². The van der Waals surface area contributed by atoms with Crippen LogP contribution in [0.25, 0.3) is 11.6 Å². The molecule has 0 saturated heterocycles. The van der Waals surface area contributed by atoms with Gasteiger partial charge < -0.3 is 20.1 Å². The van der Waals surface area contributed by atoms with Crippen molar-refractivity contribution in [2.24, 2.45) is 0 Å². The quantitative estimate of drug-likeness (QED) is 0.249. The summed E-state index contributed by atoms with van der Waals surface area (Å²) in [6.45, 7) is 5.58. The number of methoxy groups -OCH3 is 1. The molecule has 3 N–H and O–H groups in total. The zero-order chi connectivity index (χ0) is 21.4. The number of halogens is 1. The Balaban J connectivity index is 2.37. The Morgan fingerprint density at radius 2 is 1.93 bits per heavy atom. The Kier molecular flexibility index (Phi) is 8.95. The standard InChI is InChI=1S/C24H27IO4/c1-16(2)20(11-12-26)22(27)10-9-19(18-7-5-4-6-8-18)13-17-14-21(25)24(28)23(15-17)29-3/h4-8,11,13-15,22,26-28H,1,9-10,12H2,2-3H3/b19-13-,20-11-. The fraction of sp³-hybridized carbons (Fsp3) is 0.250. The smallest absolute Gasteiger partial charge is 0.171 e. The van der Waals surface area contributed by atoms with Crippen LogP contribution in [0.4, 0.5) is 0 Å². The highest BCUT2D eigenvalue weighted by molar-refractivity contribution is 14.1. The first kappa shape index (κ1) is 23.2. The minimum absolute atomic E-state index is 0.127. The summed E-state index contributed by atoms with van der Waals surface area (Å²) in [4.78, 5) is 0. The van der Waals surface area contributed by atoms with Gasteiger partial charge >= 0.3 is 0 Å². The summed E-state index contributed by atoms with van der Waals surface area (Å²) >= 11 is 2.08. The number of ether oxygens (including phenoxy) is 1. The maximum atomic E-state index is 10.6. The van der Waals surface area contributed by atoms with Crippen molar-refractivity contribution in [3.63, 3.8) is 0 Å². The first-order valence-corrected chi connectivity index (χ1v) is 10.4. The van der Waals surface area contributed by atoms with Gasteiger partial charge in [0.05, 0.1) is 23.4 Å². The highest BCUT2D eigenvalue weighted by Crippen LogP contribution is 2.34. The lowest BCUT2D eigenvalue weighted by Gasteiger charge is -2.17. The van der Waals surface area contributed by atoms with Crippen molar-refractivity contribution < 1.29 is 20.1 Å². The van der Waals surface area contributed by atoms with Gasteiger partial charge in [0.1, 0.15) is 0 Å². The summed E-state index contributed by atoms with van der Waals surface area (Å²) in [6.07, 6.45) is 4.06. The normalized spacial score (nSPS) is 13.3. The van der Waals surface area contributed by atoms with Crippen LogP contribution >= 0.6 is 22.6 Å². The van der Waals surface area contributed by atoms with Crippen molar-refractivity contribution in [1.29, 1.82) is 0 Å². The van der Waals surface area contributed by atoms with E-state index in [2.05, 4.69) is 29.2 Å². The molecule has 0 saturated carbocycles. The maximum absolute atomic E-state index is 10.6. The van der Waals surface area contributed by atoms with Crippen LogP contribution in [0.3, 0.4) is 0 Å². The number of hydrogen-bond donors (Lipinski definition) is 3. The van der Waals surface area contributed by atoms with Crippen LogP contribution < -0.4 is 4.74 Å². The minimum Gasteiger partial charge on any atom is -0.504 e. The van der Waals surface area contributed by atoms with Crippen molar-refractivity contribution in [2.75, 3.05) is 13.7 Å². The molecule has 154 valence electrons. The lowest BCUT2D eigenvalue weighted by Crippen LogP contribution is -2.12. The number of phenols is 1. The van der Waals surface area contributed by atoms with Crippen LogP contribution in [0.2, 0.25) is 0 Å². The summed E-state index contributed by atoms with van der Waals surface area (Å²) in [6, 6.07) is 13.7. The zero-order valence-corrected chi connectivity index (χ0v) is 18.9. The van der Waals surface area contributed by atoms with Gasteiger partial charge in [-0.1, -0.05) is 54.6 Å². The highest BCUT2D eigenvalue weighted by atomic mass is 127. The molecule has 0 spiro atoms. The Hall–Kier alpha value is -2.09. The molecule has 0 aliphatic rings. The van der Waals surface area contributed by atoms with E-state index in [1.165, 1.54) is 7.11 Å². The van der Waals surface area contributed by atoms with Crippen molar-refractivity contribution in [3.8, 4) is 11.5 Å².